The molecule has 0 fully saturated rings. The highest BCUT2D eigenvalue weighted by atomic mass is 79.9. The van der Waals surface area contributed by atoms with Crippen molar-refractivity contribution in [3.8, 4) is 0 Å². The Bertz CT molecular complexity index is 536. The van der Waals surface area contributed by atoms with Gasteiger partial charge < -0.3 is 5.73 Å². The average Bonchev–Trinajstić information content (AvgIpc) is 2.80. The van der Waals surface area contributed by atoms with E-state index in [2.05, 4.69) is 52.2 Å². The number of aromatic nitrogens is 3. The van der Waals surface area contributed by atoms with Crippen LogP contribution in [0.25, 0.3) is 0 Å². The number of rotatable bonds is 4. The van der Waals surface area contributed by atoms with Gasteiger partial charge in [-0.2, -0.15) is 0 Å². The maximum absolute atomic E-state index is 6.33. The summed E-state index contributed by atoms with van der Waals surface area (Å²) in [6.07, 6.45) is 2.76. The van der Waals surface area contributed by atoms with Crippen LogP contribution in [0.3, 0.4) is 0 Å². The van der Waals surface area contributed by atoms with Gasteiger partial charge in [-0.15, -0.1) is 5.10 Å². The summed E-state index contributed by atoms with van der Waals surface area (Å²) in [5.41, 5.74) is 9.54. The Hall–Kier alpha value is -1.20. The molecule has 0 bridgehead atoms. The first-order valence-corrected chi connectivity index (χ1v) is 6.82. The number of nitrogens with two attached hydrogens (primary N) is 1. The van der Waals surface area contributed by atoms with Crippen LogP contribution in [0.5, 0.6) is 0 Å². The first kappa shape index (κ1) is 13.2. The second-order valence-electron chi connectivity index (χ2n) is 4.38. The van der Waals surface area contributed by atoms with E-state index in [1.165, 1.54) is 5.56 Å². The normalized spacial score (nSPS) is 12.7. The molecular weight excluding hydrogens is 292 g/mol. The molecule has 96 valence electrons. The monoisotopic (exact) mass is 308 g/mol. The van der Waals surface area contributed by atoms with Crippen LogP contribution in [0.1, 0.15) is 36.2 Å². The lowest BCUT2D eigenvalue weighted by atomic mass is 10.0. The fourth-order valence-electron chi connectivity index (χ4n) is 1.95. The highest BCUT2D eigenvalue weighted by Crippen LogP contribution is 2.27. The topological polar surface area (TPSA) is 56.7 Å². The van der Waals surface area contributed by atoms with E-state index in [1.54, 1.807) is 6.20 Å². The van der Waals surface area contributed by atoms with E-state index in [0.717, 1.165) is 28.7 Å². The third kappa shape index (κ3) is 2.62. The Morgan fingerprint density at radius 3 is 2.94 bits per heavy atom. The number of hydrogen-bond donors (Lipinski definition) is 1. The molecule has 0 aliphatic rings. The second-order valence-corrected chi connectivity index (χ2v) is 5.24. The molecule has 1 aromatic heterocycles. The summed E-state index contributed by atoms with van der Waals surface area (Å²) >= 11 is 3.55. The van der Waals surface area contributed by atoms with Gasteiger partial charge in [0.2, 0.25) is 0 Å². The van der Waals surface area contributed by atoms with Gasteiger partial charge in [0.15, 0.2) is 0 Å². The van der Waals surface area contributed by atoms with Crippen LogP contribution in [0.15, 0.2) is 28.9 Å². The first-order valence-electron chi connectivity index (χ1n) is 6.03. The van der Waals surface area contributed by atoms with Gasteiger partial charge in [0.1, 0.15) is 0 Å². The minimum absolute atomic E-state index is 0.208. The largest absolute Gasteiger partial charge is 0.319 e. The van der Waals surface area contributed by atoms with Crippen LogP contribution in [0.2, 0.25) is 0 Å². The van der Waals surface area contributed by atoms with Crippen molar-refractivity contribution in [2.45, 2.75) is 32.9 Å². The molecule has 0 spiro atoms. The molecule has 0 aliphatic heterocycles. The number of benzene rings is 1. The number of aryl methyl sites for hydroxylation is 2. The van der Waals surface area contributed by atoms with Gasteiger partial charge in [0.05, 0.1) is 17.9 Å². The Morgan fingerprint density at radius 1 is 1.44 bits per heavy atom. The summed E-state index contributed by atoms with van der Waals surface area (Å²) in [6, 6.07) is 5.97. The lowest BCUT2D eigenvalue weighted by molar-refractivity contribution is 0.543. The molecule has 18 heavy (non-hydrogen) atoms. The van der Waals surface area contributed by atoms with Gasteiger partial charge in [-0.25, -0.2) is 4.68 Å². The highest BCUT2D eigenvalue weighted by molar-refractivity contribution is 9.10. The van der Waals surface area contributed by atoms with Crippen molar-refractivity contribution in [3.05, 3.63) is 45.7 Å². The molecule has 4 nitrogen and oxygen atoms in total. The molecule has 1 atom stereocenters. The van der Waals surface area contributed by atoms with Crippen molar-refractivity contribution >= 4 is 15.9 Å². The second kappa shape index (κ2) is 5.63. The molecule has 0 aliphatic carbocycles. The third-order valence-corrected chi connectivity index (χ3v) is 3.61. The zero-order chi connectivity index (χ0) is 13.1. The van der Waals surface area contributed by atoms with E-state index in [9.17, 15) is 0 Å². The van der Waals surface area contributed by atoms with Crippen LogP contribution in [-0.4, -0.2) is 15.0 Å². The van der Waals surface area contributed by atoms with Gasteiger partial charge >= 0.3 is 0 Å². The molecule has 1 unspecified atom stereocenters. The molecule has 0 radical (unpaired) electrons. The number of halogens is 1. The van der Waals surface area contributed by atoms with Crippen LogP contribution >= 0.6 is 15.9 Å². The molecule has 0 amide bonds. The molecule has 5 heteroatoms. The van der Waals surface area contributed by atoms with Crippen molar-refractivity contribution < 1.29 is 0 Å². The maximum Gasteiger partial charge on any atom is 0.0800 e. The van der Waals surface area contributed by atoms with Crippen molar-refractivity contribution in [1.82, 2.24) is 15.0 Å². The Kier molecular flexibility index (Phi) is 4.14. The predicted octanol–water partition coefficient (Wildman–Crippen LogP) is 2.81. The third-order valence-electron chi connectivity index (χ3n) is 2.89. The van der Waals surface area contributed by atoms with Crippen LogP contribution < -0.4 is 5.73 Å². The van der Waals surface area contributed by atoms with E-state index in [4.69, 9.17) is 5.73 Å². The zero-order valence-electron chi connectivity index (χ0n) is 10.6. The highest BCUT2D eigenvalue weighted by Gasteiger charge is 2.17. The van der Waals surface area contributed by atoms with Gasteiger partial charge in [-0.1, -0.05) is 45.8 Å². The lowest BCUT2D eigenvalue weighted by Crippen LogP contribution is -2.18. The van der Waals surface area contributed by atoms with E-state index < -0.39 is 0 Å². The van der Waals surface area contributed by atoms with Crippen LogP contribution in [0.4, 0.5) is 0 Å². The fourth-order valence-corrected chi connectivity index (χ4v) is 2.45. The van der Waals surface area contributed by atoms with Gasteiger partial charge in [-0.05, 0) is 25.0 Å². The van der Waals surface area contributed by atoms with Crippen LogP contribution in [0, 0.1) is 6.92 Å². The van der Waals surface area contributed by atoms with E-state index in [-0.39, 0.29) is 6.04 Å². The van der Waals surface area contributed by atoms with E-state index in [1.807, 2.05) is 10.7 Å². The van der Waals surface area contributed by atoms with Crippen molar-refractivity contribution in [2.75, 3.05) is 0 Å². The molecule has 1 heterocycles. The molecule has 0 saturated heterocycles. The summed E-state index contributed by atoms with van der Waals surface area (Å²) in [4.78, 5) is 0. The average molecular weight is 309 g/mol. The van der Waals surface area contributed by atoms with Crippen molar-refractivity contribution in [2.24, 2.45) is 5.73 Å². The van der Waals surface area contributed by atoms with Crippen LogP contribution in [-0.2, 0) is 6.54 Å². The molecule has 2 N–H and O–H groups in total. The fraction of sp³-hybridized carbons (Fsp3) is 0.385. The molecular formula is C13H17BrN4. The number of nitrogens with zero attached hydrogens (tertiary/aromatic N) is 3. The zero-order valence-corrected chi connectivity index (χ0v) is 12.2. The van der Waals surface area contributed by atoms with E-state index >= 15 is 0 Å². The maximum atomic E-state index is 6.33. The summed E-state index contributed by atoms with van der Waals surface area (Å²) in [5.74, 6) is 0. The van der Waals surface area contributed by atoms with Gasteiger partial charge in [0, 0.05) is 11.0 Å². The summed E-state index contributed by atoms with van der Waals surface area (Å²) in [7, 11) is 0. The summed E-state index contributed by atoms with van der Waals surface area (Å²) in [5, 5.41) is 8.03. The lowest BCUT2D eigenvalue weighted by Gasteiger charge is -2.15. The van der Waals surface area contributed by atoms with Gasteiger partial charge in [0.25, 0.3) is 0 Å². The molecule has 2 aromatic rings. The molecule has 2 rings (SSSR count). The summed E-state index contributed by atoms with van der Waals surface area (Å²) < 4.78 is 2.89. The quantitative estimate of drug-likeness (QED) is 0.945. The number of hydrogen-bond acceptors (Lipinski definition) is 3. The van der Waals surface area contributed by atoms with Crippen molar-refractivity contribution in [1.29, 1.82) is 0 Å². The van der Waals surface area contributed by atoms with E-state index in [0.29, 0.717) is 0 Å². The predicted molar refractivity (Wildman–Crippen MR) is 75.2 cm³/mol. The smallest absolute Gasteiger partial charge is 0.0800 e. The molecule has 0 saturated carbocycles. The van der Waals surface area contributed by atoms with Gasteiger partial charge in [-0.3, -0.25) is 0 Å². The Balaban J connectivity index is 2.38. The first-order chi connectivity index (χ1) is 8.63. The Labute approximate surface area is 115 Å². The summed E-state index contributed by atoms with van der Waals surface area (Å²) in [6.45, 7) is 5.01. The Morgan fingerprint density at radius 2 is 2.22 bits per heavy atom. The SMILES string of the molecule is CCCn1nncc1C(N)c1cc(C)ccc1Br. The molecule has 1 aromatic carbocycles. The van der Waals surface area contributed by atoms with Crippen molar-refractivity contribution in [3.63, 3.8) is 0 Å². The standard InChI is InChI=1S/C13H17BrN4/c1-3-6-18-12(8-16-17-18)13(15)10-7-9(2)4-5-11(10)14/h4-5,7-8,13H,3,6,15H2,1-2H3. The minimum atomic E-state index is -0.208. The minimum Gasteiger partial charge on any atom is -0.319 e.